The summed E-state index contributed by atoms with van der Waals surface area (Å²) in [6.45, 7) is 7.89. The number of hydrogen-bond acceptors (Lipinski definition) is 5. The largest absolute Gasteiger partial charge is 0.444 e. The predicted molar refractivity (Wildman–Crippen MR) is 108 cm³/mol. The molecule has 1 saturated heterocycles. The first-order valence-electron chi connectivity index (χ1n) is 9.30. The van der Waals surface area contributed by atoms with E-state index in [1.54, 1.807) is 31.6 Å². The van der Waals surface area contributed by atoms with Crippen molar-refractivity contribution in [2.75, 3.05) is 20.1 Å². The van der Waals surface area contributed by atoms with Crippen LogP contribution in [0.5, 0.6) is 0 Å². The molecule has 8 heteroatoms. The maximum absolute atomic E-state index is 13.3. The molecule has 1 atom stereocenters. The van der Waals surface area contributed by atoms with E-state index in [-0.39, 0.29) is 17.5 Å². The first kappa shape index (κ1) is 20.5. The molecule has 0 aliphatic carbocycles. The Balaban J connectivity index is 1.85. The highest BCUT2D eigenvalue weighted by atomic mass is 32.2. The number of pyridine rings is 1. The van der Waals surface area contributed by atoms with Crippen LogP contribution in [0.4, 0.5) is 4.79 Å². The number of amides is 1. The average molecular weight is 406 g/mol. The van der Waals surface area contributed by atoms with E-state index in [2.05, 4.69) is 4.98 Å². The Labute approximate surface area is 166 Å². The van der Waals surface area contributed by atoms with Gasteiger partial charge in [-0.05, 0) is 45.7 Å². The lowest BCUT2D eigenvalue weighted by molar-refractivity contribution is 0.0232. The third kappa shape index (κ3) is 3.98. The molecular formula is C20H27N3O4S. The summed E-state index contributed by atoms with van der Waals surface area (Å²) in [5.74, 6) is 0. The third-order valence-electron chi connectivity index (χ3n) is 4.91. The molecule has 1 amide bonds. The number of aromatic nitrogens is 1. The number of carbonyl (C=O) groups is 1. The quantitative estimate of drug-likeness (QED) is 0.784. The maximum atomic E-state index is 13.3. The number of sulfonamides is 1. The second-order valence-electron chi connectivity index (χ2n) is 8.21. The van der Waals surface area contributed by atoms with Crippen molar-refractivity contribution in [3.63, 3.8) is 0 Å². The normalized spacial score (nSPS) is 18.4. The van der Waals surface area contributed by atoms with Gasteiger partial charge in [-0.2, -0.15) is 4.31 Å². The van der Waals surface area contributed by atoms with Crippen molar-refractivity contribution >= 4 is 26.9 Å². The van der Waals surface area contributed by atoms with Gasteiger partial charge in [0.25, 0.3) is 0 Å². The fraction of sp³-hybridized carbons (Fsp3) is 0.500. The van der Waals surface area contributed by atoms with Crippen LogP contribution in [-0.4, -0.2) is 60.5 Å². The van der Waals surface area contributed by atoms with Crippen molar-refractivity contribution in [3.8, 4) is 0 Å². The highest BCUT2D eigenvalue weighted by Gasteiger charge is 2.37. The molecule has 1 unspecified atom stereocenters. The number of carbonyl (C=O) groups excluding carboxylic acids is 1. The Morgan fingerprint density at radius 3 is 2.68 bits per heavy atom. The van der Waals surface area contributed by atoms with Gasteiger partial charge in [0.2, 0.25) is 10.0 Å². The SMILES string of the molecule is Cc1cncc2cccc(S(=O)(=O)N3CCC(N(C)C(=O)OC(C)(C)C)C3)c12. The number of rotatable bonds is 3. The highest BCUT2D eigenvalue weighted by Crippen LogP contribution is 2.30. The van der Waals surface area contributed by atoms with E-state index in [1.807, 2.05) is 33.8 Å². The van der Waals surface area contributed by atoms with Crippen LogP contribution in [0.3, 0.4) is 0 Å². The molecule has 1 aromatic heterocycles. The summed E-state index contributed by atoms with van der Waals surface area (Å²) in [5.41, 5.74) is 0.225. The molecule has 2 heterocycles. The van der Waals surface area contributed by atoms with Gasteiger partial charge in [-0.15, -0.1) is 0 Å². The lowest BCUT2D eigenvalue weighted by Crippen LogP contribution is -2.42. The molecule has 0 bridgehead atoms. The van der Waals surface area contributed by atoms with Crippen molar-refractivity contribution in [2.24, 2.45) is 0 Å². The molecule has 1 aliphatic heterocycles. The van der Waals surface area contributed by atoms with Crippen molar-refractivity contribution in [1.82, 2.24) is 14.2 Å². The lowest BCUT2D eigenvalue weighted by Gasteiger charge is -2.28. The molecule has 1 fully saturated rings. The Morgan fingerprint density at radius 2 is 2.00 bits per heavy atom. The minimum atomic E-state index is -3.69. The standard InChI is InChI=1S/C20H27N3O4S/c1-14-11-21-12-15-7-6-8-17(18(14)15)28(25,26)23-10-9-16(13-23)22(5)19(24)27-20(2,3)4/h6-8,11-12,16H,9-10,13H2,1-5H3. The first-order chi connectivity index (χ1) is 13.0. The number of ether oxygens (including phenoxy) is 1. The smallest absolute Gasteiger partial charge is 0.410 e. The van der Waals surface area contributed by atoms with E-state index in [1.165, 1.54) is 9.21 Å². The van der Waals surface area contributed by atoms with Gasteiger partial charge >= 0.3 is 6.09 Å². The van der Waals surface area contributed by atoms with Crippen molar-refractivity contribution < 1.29 is 17.9 Å². The van der Waals surface area contributed by atoms with Gasteiger partial charge in [-0.25, -0.2) is 13.2 Å². The molecule has 2 aromatic rings. The highest BCUT2D eigenvalue weighted by molar-refractivity contribution is 7.89. The van der Waals surface area contributed by atoms with E-state index >= 15 is 0 Å². The van der Waals surface area contributed by atoms with Crippen LogP contribution >= 0.6 is 0 Å². The molecule has 152 valence electrons. The molecule has 28 heavy (non-hydrogen) atoms. The van der Waals surface area contributed by atoms with Crippen LogP contribution in [0.1, 0.15) is 32.8 Å². The molecule has 0 saturated carbocycles. The number of benzene rings is 1. The summed E-state index contributed by atoms with van der Waals surface area (Å²) in [5, 5.41) is 1.49. The third-order valence-corrected chi connectivity index (χ3v) is 6.82. The van der Waals surface area contributed by atoms with Gasteiger partial charge in [-0.1, -0.05) is 12.1 Å². The van der Waals surface area contributed by atoms with Crippen molar-refractivity contribution in [3.05, 3.63) is 36.2 Å². The van der Waals surface area contributed by atoms with Crippen LogP contribution in [0.2, 0.25) is 0 Å². The molecule has 7 nitrogen and oxygen atoms in total. The van der Waals surface area contributed by atoms with E-state index in [0.717, 1.165) is 10.9 Å². The van der Waals surface area contributed by atoms with Gasteiger partial charge in [0.05, 0.1) is 4.90 Å². The van der Waals surface area contributed by atoms with Crippen LogP contribution in [0, 0.1) is 6.92 Å². The van der Waals surface area contributed by atoms with Gasteiger partial charge in [0, 0.05) is 49.3 Å². The summed E-state index contributed by atoms with van der Waals surface area (Å²) < 4.78 is 33.5. The summed E-state index contributed by atoms with van der Waals surface area (Å²) >= 11 is 0. The van der Waals surface area contributed by atoms with E-state index in [9.17, 15) is 13.2 Å². The van der Waals surface area contributed by atoms with Crippen LogP contribution in [0.15, 0.2) is 35.5 Å². The Morgan fingerprint density at radius 1 is 1.29 bits per heavy atom. The minimum Gasteiger partial charge on any atom is -0.444 e. The Bertz CT molecular complexity index is 993. The zero-order chi connectivity index (χ0) is 20.7. The maximum Gasteiger partial charge on any atom is 0.410 e. The van der Waals surface area contributed by atoms with E-state index in [0.29, 0.717) is 18.4 Å². The van der Waals surface area contributed by atoms with Gasteiger partial charge < -0.3 is 9.64 Å². The van der Waals surface area contributed by atoms with Crippen LogP contribution in [0.25, 0.3) is 10.8 Å². The first-order valence-corrected chi connectivity index (χ1v) is 10.7. The second kappa shape index (κ2) is 7.33. The summed E-state index contributed by atoms with van der Waals surface area (Å²) in [6, 6.07) is 5.01. The average Bonchev–Trinajstić information content (AvgIpc) is 3.10. The fourth-order valence-corrected chi connectivity index (χ4v) is 5.23. The van der Waals surface area contributed by atoms with Crippen molar-refractivity contribution in [1.29, 1.82) is 0 Å². The molecule has 1 aromatic carbocycles. The summed E-state index contributed by atoms with van der Waals surface area (Å²) in [6.07, 6.45) is 3.47. The molecular weight excluding hydrogens is 378 g/mol. The predicted octanol–water partition coefficient (Wildman–Crippen LogP) is 3.17. The molecule has 0 spiro atoms. The topological polar surface area (TPSA) is 79.8 Å². The number of aryl methyl sites for hydroxylation is 1. The molecule has 0 N–H and O–H groups in total. The molecule has 0 radical (unpaired) electrons. The van der Waals surface area contributed by atoms with Crippen LogP contribution < -0.4 is 0 Å². The lowest BCUT2D eigenvalue weighted by atomic mass is 10.1. The minimum absolute atomic E-state index is 0.220. The second-order valence-corrected chi connectivity index (χ2v) is 10.1. The van der Waals surface area contributed by atoms with Gasteiger partial charge in [0.15, 0.2) is 0 Å². The van der Waals surface area contributed by atoms with Gasteiger partial charge in [-0.3, -0.25) is 4.98 Å². The summed E-state index contributed by atoms with van der Waals surface area (Å²) in [7, 11) is -2.03. The number of likely N-dealkylation sites (N-methyl/N-ethyl adjacent to an activating group) is 1. The zero-order valence-electron chi connectivity index (χ0n) is 17.0. The molecule has 1 aliphatic rings. The fourth-order valence-electron chi connectivity index (χ4n) is 3.45. The monoisotopic (exact) mass is 405 g/mol. The Kier molecular flexibility index (Phi) is 5.38. The zero-order valence-corrected chi connectivity index (χ0v) is 17.8. The number of fused-ring (bicyclic) bond motifs is 1. The Hall–Kier alpha value is -2.19. The van der Waals surface area contributed by atoms with E-state index in [4.69, 9.17) is 4.74 Å². The number of nitrogens with zero attached hydrogens (tertiary/aromatic N) is 3. The number of hydrogen-bond donors (Lipinski definition) is 0. The van der Waals surface area contributed by atoms with Gasteiger partial charge in [0.1, 0.15) is 5.60 Å². The molecule has 3 rings (SSSR count). The van der Waals surface area contributed by atoms with E-state index < -0.39 is 21.7 Å². The summed E-state index contributed by atoms with van der Waals surface area (Å²) in [4.78, 5) is 18.3. The van der Waals surface area contributed by atoms with Crippen LogP contribution in [-0.2, 0) is 14.8 Å². The van der Waals surface area contributed by atoms with Crippen molar-refractivity contribution in [2.45, 2.75) is 50.7 Å².